The van der Waals surface area contributed by atoms with Crippen LogP contribution in [0.1, 0.15) is 84.6 Å². The molecule has 1 heterocycles. The summed E-state index contributed by atoms with van der Waals surface area (Å²) < 4.78 is 5.98. The number of rotatable bonds is 2. The predicted molar refractivity (Wildman–Crippen MR) is 128 cm³/mol. The molecule has 0 bridgehead atoms. The van der Waals surface area contributed by atoms with E-state index in [4.69, 9.17) is 4.74 Å². The number of carbonyl (C=O) groups is 1. The molecule has 3 nitrogen and oxygen atoms in total. The first-order valence-corrected chi connectivity index (χ1v) is 12.6. The van der Waals surface area contributed by atoms with Gasteiger partial charge in [0.25, 0.3) is 0 Å². The first-order valence-electron chi connectivity index (χ1n) is 12.6. The van der Waals surface area contributed by atoms with Crippen molar-refractivity contribution in [2.45, 2.75) is 85.2 Å². The number of pyridine rings is 1. The molecule has 1 unspecified atom stereocenters. The Labute approximate surface area is 193 Å². The Morgan fingerprint density at radius 2 is 2.03 bits per heavy atom. The van der Waals surface area contributed by atoms with Gasteiger partial charge >= 0.3 is 5.97 Å². The lowest BCUT2D eigenvalue weighted by Crippen LogP contribution is -2.52. The Morgan fingerprint density at radius 3 is 2.75 bits per heavy atom. The van der Waals surface area contributed by atoms with E-state index in [0.717, 1.165) is 31.6 Å². The van der Waals surface area contributed by atoms with Crippen LogP contribution in [0.25, 0.3) is 0 Å². The van der Waals surface area contributed by atoms with Gasteiger partial charge in [-0.1, -0.05) is 43.7 Å². The van der Waals surface area contributed by atoms with Crippen molar-refractivity contribution in [3.8, 4) is 0 Å². The van der Waals surface area contributed by atoms with Gasteiger partial charge in [-0.25, -0.2) is 0 Å². The highest BCUT2D eigenvalue weighted by atomic mass is 16.5. The molecule has 0 amide bonds. The average molecular weight is 434 g/mol. The van der Waals surface area contributed by atoms with Crippen molar-refractivity contribution in [3.63, 3.8) is 0 Å². The van der Waals surface area contributed by atoms with Gasteiger partial charge in [-0.05, 0) is 99.0 Å². The SMILES string of the molecule is CC(C)(C)C(=O)O[C@H]1CC[C@@]2(C)C(=CC[C@H]3[C@H]2C(c2cccnc2)C[C@@]2(C)C=CC[C@@H]32)C1. The summed E-state index contributed by atoms with van der Waals surface area (Å²) in [5.41, 5.74) is 2.98. The second-order valence-electron chi connectivity index (χ2n) is 12.4. The van der Waals surface area contributed by atoms with Crippen LogP contribution in [0.5, 0.6) is 0 Å². The molecule has 32 heavy (non-hydrogen) atoms. The fourth-order valence-corrected chi connectivity index (χ4v) is 7.66. The fraction of sp³-hybridized carbons (Fsp3) is 0.655. The molecular formula is C29H39NO2. The second-order valence-corrected chi connectivity index (χ2v) is 12.4. The highest BCUT2D eigenvalue weighted by Crippen LogP contribution is 2.67. The van der Waals surface area contributed by atoms with Crippen LogP contribution >= 0.6 is 0 Å². The van der Waals surface area contributed by atoms with Crippen LogP contribution in [0.2, 0.25) is 0 Å². The first-order chi connectivity index (χ1) is 15.1. The maximum atomic E-state index is 12.5. The summed E-state index contributed by atoms with van der Waals surface area (Å²) in [6.45, 7) is 10.8. The van der Waals surface area contributed by atoms with Crippen LogP contribution in [-0.2, 0) is 9.53 Å². The summed E-state index contributed by atoms with van der Waals surface area (Å²) in [5.74, 6) is 2.53. The topological polar surface area (TPSA) is 39.2 Å². The molecule has 1 aromatic heterocycles. The predicted octanol–water partition coefficient (Wildman–Crippen LogP) is 6.86. The number of ether oxygens (including phenoxy) is 1. The minimum atomic E-state index is -0.443. The Bertz CT molecular complexity index is 942. The van der Waals surface area contributed by atoms with Crippen molar-refractivity contribution in [1.82, 2.24) is 4.98 Å². The molecule has 5 rings (SSSR count). The molecule has 2 saturated carbocycles. The van der Waals surface area contributed by atoms with E-state index in [0.29, 0.717) is 23.2 Å². The molecule has 172 valence electrons. The zero-order valence-electron chi connectivity index (χ0n) is 20.4. The summed E-state index contributed by atoms with van der Waals surface area (Å²) in [6.07, 6.45) is 18.1. The zero-order valence-corrected chi connectivity index (χ0v) is 20.4. The lowest BCUT2D eigenvalue weighted by molar-refractivity contribution is -0.161. The highest BCUT2D eigenvalue weighted by Gasteiger charge is 2.58. The van der Waals surface area contributed by atoms with E-state index in [1.807, 2.05) is 27.0 Å². The van der Waals surface area contributed by atoms with Gasteiger partial charge in [-0.3, -0.25) is 9.78 Å². The van der Waals surface area contributed by atoms with E-state index in [-0.39, 0.29) is 17.5 Å². The van der Waals surface area contributed by atoms with Crippen LogP contribution in [0.3, 0.4) is 0 Å². The molecule has 0 aliphatic heterocycles. The van der Waals surface area contributed by atoms with Crippen molar-refractivity contribution in [1.29, 1.82) is 0 Å². The lowest BCUT2D eigenvalue weighted by Gasteiger charge is -2.60. The number of carbonyl (C=O) groups excluding carboxylic acids is 1. The Morgan fingerprint density at radius 1 is 1.22 bits per heavy atom. The summed E-state index contributed by atoms with van der Waals surface area (Å²) in [5, 5.41) is 0. The summed E-state index contributed by atoms with van der Waals surface area (Å²) >= 11 is 0. The number of hydrogen-bond donors (Lipinski definition) is 0. The van der Waals surface area contributed by atoms with Crippen molar-refractivity contribution in [3.05, 3.63) is 53.9 Å². The normalized spacial score (nSPS) is 40.7. The third kappa shape index (κ3) is 3.47. The highest BCUT2D eigenvalue weighted by molar-refractivity contribution is 5.75. The molecule has 4 aliphatic carbocycles. The summed E-state index contributed by atoms with van der Waals surface area (Å²) in [6, 6.07) is 4.41. The van der Waals surface area contributed by atoms with E-state index < -0.39 is 5.41 Å². The lowest BCUT2D eigenvalue weighted by atomic mass is 9.44. The van der Waals surface area contributed by atoms with Gasteiger partial charge in [0, 0.05) is 18.8 Å². The largest absolute Gasteiger partial charge is 0.462 e. The third-order valence-corrected chi connectivity index (χ3v) is 9.34. The molecule has 0 spiro atoms. The number of aromatic nitrogens is 1. The van der Waals surface area contributed by atoms with Crippen molar-refractivity contribution < 1.29 is 9.53 Å². The van der Waals surface area contributed by atoms with Gasteiger partial charge in [0.05, 0.1) is 5.41 Å². The van der Waals surface area contributed by atoms with E-state index in [9.17, 15) is 4.79 Å². The molecule has 4 aliphatic rings. The minimum absolute atomic E-state index is 0.0245. The van der Waals surface area contributed by atoms with Crippen LogP contribution in [0, 0.1) is 34.0 Å². The second kappa shape index (κ2) is 7.57. The molecular weight excluding hydrogens is 394 g/mol. The van der Waals surface area contributed by atoms with E-state index in [2.05, 4.69) is 55.4 Å². The molecule has 0 aromatic carbocycles. The van der Waals surface area contributed by atoms with E-state index in [1.54, 1.807) is 5.57 Å². The Kier molecular flexibility index (Phi) is 5.18. The number of esters is 1. The number of nitrogens with zero attached hydrogens (tertiary/aromatic N) is 1. The van der Waals surface area contributed by atoms with Crippen LogP contribution < -0.4 is 0 Å². The maximum absolute atomic E-state index is 12.5. The maximum Gasteiger partial charge on any atom is 0.311 e. The standard InChI is InChI=1S/C29H39NO2/c1-27(2,3)26(31)32-21-12-14-29(5)20(16-21)10-11-22-24-9-6-13-28(24,4)17-23(25(22)29)19-8-7-15-30-18-19/h6-8,10,13,15,18,21-25H,9,11-12,14,16-17H2,1-5H3/t21-,22+,23?,24-,25-,28+,29-/m0/s1. The molecule has 2 fully saturated rings. The van der Waals surface area contributed by atoms with Crippen LogP contribution in [0.15, 0.2) is 48.3 Å². The molecule has 3 heteroatoms. The van der Waals surface area contributed by atoms with Gasteiger partial charge < -0.3 is 4.74 Å². The summed E-state index contributed by atoms with van der Waals surface area (Å²) in [7, 11) is 0. The summed E-state index contributed by atoms with van der Waals surface area (Å²) in [4.78, 5) is 17.1. The fourth-order valence-electron chi connectivity index (χ4n) is 7.66. The van der Waals surface area contributed by atoms with Gasteiger partial charge in [0.15, 0.2) is 0 Å². The minimum Gasteiger partial charge on any atom is -0.462 e. The van der Waals surface area contributed by atoms with Crippen molar-refractivity contribution >= 4 is 5.97 Å². The molecule has 1 aromatic rings. The van der Waals surface area contributed by atoms with Crippen molar-refractivity contribution in [2.24, 2.45) is 34.0 Å². The van der Waals surface area contributed by atoms with Crippen molar-refractivity contribution in [2.75, 3.05) is 0 Å². The first kappa shape index (κ1) is 21.9. The smallest absolute Gasteiger partial charge is 0.311 e. The molecule has 7 atom stereocenters. The molecule has 0 saturated heterocycles. The van der Waals surface area contributed by atoms with E-state index >= 15 is 0 Å². The third-order valence-electron chi connectivity index (χ3n) is 9.34. The number of allylic oxidation sites excluding steroid dienone is 3. The van der Waals surface area contributed by atoms with E-state index in [1.165, 1.54) is 18.4 Å². The average Bonchev–Trinajstić information content (AvgIpc) is 3.15. The Hall–Kier alpha value is -1.90. The van der Waals surface area contributed by atoms with Gasteiger partial charge in [-0.15, -0.1) is 0 Å². The molecule has 0 N–H and O–H groups in total. The van der Waals surface area contributed by atoms with Crippen LogP contribution in [-0.4, -0.2) is 17.1 Å². The molecule has 0 radical (unpaired) electrons. The zero-order chi connectivity index (χ0) is 22.7. The number of fused-ring (bicyclic) bond motifs is 5. The number of hydrogen-bond acceptors (Lipinski definition) is 3. The monoisotopic (exact) mass is 433 g/mol. The van der Waals surface area contributed by atoms with Gasteiger partial charge in [0.2, 0.25) is 0 Å². The Balaban J connectivity index is 1.48. The quantitative estimate of drug-likeness (QED) is 0.378. The van der Waals surface area contributed by atoms with Crippen LogP contribution in [0.4, 0.5) is 0 Å². The van der Waals surface area contributed by atoms with Gasteiger partial charge in [-0.2, -0.15) is 0 Å². The van der Waals surface area contributed by atoms with Gasteiger partial charge in [0.1, 0.15) is 6.10 Å².